The highest BCUT2D eigenvalue weighted by atomic mass is 32.2. The van der Waals surface area contributed by atoms with Gasteiger partial charge in [0.1, 0.15) is 10.7 Å². The van der Waals surface area contributed by atoms with Gasteiger partial charge in [0, 0.05) is 13.1 Å². The summed E-state index contributed by atoms with van der Waals surface area (Å²) in [5, 5.41) is 0. The van der Waals surface area contributed by atoms with Gasteiger partial charge in [0.25, 0.3) is 0 Å². The van der Waals surface area contributed by atoms with Gasteiger partial charge in [0.15, 0.2) is 0 Å². The number of anilines is 2. The van der Waals surface area contributed by atoms with Gasteiger partial charge in [0.05, 0.1) is 11.1 Å². The molecule has 6 nitrogen and oxygen atoms in total. The van der Waals surface area contributed by atoms with Gasteiger partial charge < -0.3 is 10.6 Å². The molecule has 0 spiro atoms. The minimum absolute atomic E-state index is 0.000531. The van der Waals surface area contributed by atoms with Crippen molar-refractivity contribution in [1.29, 1.82) is 0 Å². The van der Waals surface area contributed by atoms with Crippen LogP contribution in [0.25, 0.3) is 0 Å². The van der Waals surface area contributed by atoms with E-state index in [4.69, 9.17) is 5.73 Å². The molecule has 1 saturated heterocycles. The lowest BCUT2D eigenvalue weighted by Crippen LogP contribution is -2.31. The molecule has 0 aliphatic carbocycles. The van der Waals surface area contributed by atoms with E-state index in [0.717, 1.165) is 25.9 Å². The Kier molecular flexibility index (Phi) is 3.98. The quantitative estimate of drug-likeness (QED) is 0.929. The summed E-state index contributed by atoms with van der Waals surface area (Å²) in [6, 6.07) is 8.18. The average molecular weight is 318 g/mol. The number of aromatic nitrogens is 2. The Morgan fingerprint density at radius 3 is 2.36 bits per heavy atom. The lowest BCUT2D eigenvalue weighted by Gasteiger charge is -2.26. The van der Waals surface area contributed by atoms with Crippen LogP contribution in [0.15, 0.2) is 46.3 Å². The first kappa shape index (κ1) is 14.8. The zero-order chi connectivity index (χ0) is 15.6. The molecule has 0 unspecified atom stereocenters. The van der Waals surface area contributed by atoms with E-state index in [9.17, 15) is 8.42 Å². The second-order valence-electron chi connectivity index (χ2n) is 5.28. The predicted molar refractivity (Wildman–Crippen MR) is 84.4 cm³/mol. The van der Waals surface area contributed by atoms with Crippen LogP contribution in [-0.4, -0.2) is 31.5 Å². The van der Waals surface area contributed by atoms with Crippen LogP contribution in [0.1, 0.15) is 19.3 Å². The van der Waals surface area contributed by atoms with Crippen LogP contribution in [0, 0.1) is 0 Å². The second kappa shape index (κ2) is 5.92. The molecule has 0 radical (unpaired) electrons. The molecule has 0 saturated carbocycles. The molecule has 1 aliphatic rings. The van der Waals surface area contributed by atoms with E-state index in [1.165, 1.54) is 24.8 Å². The van der Waals surface area contributed by atoms with Crippen molar-refractivity contribution >= 4 is 21.6 Å². The van der Waals surface area contributed by atoms with Gasteiger partial charge in [-0.25, -0.2) is 13.4 Å². The van der Waals surface area contributed by atoms with Crippen LogP contribution in [0.4, 0.5) is 11.8 Å². The van der Waals surface area contributed by atoms with E-state index in [2.05, 4.69) is 9.97 Å². The van der Waals surface area contributed by atoms with Crippen LogP contribution in [0.2, 0.25) is 0 Å². The molecular formula is C15H18N4O2S. The van der Waals surface area contributed by atoms with Gasteiger partial charge >= 0.3 is 0 Å². The van der Waals surface area contributed by atoms with Crippen molar-refractivity contribution in [1.82, 2.24) is 9.97 Å². The van der Waals surface area contributed by atoms with Crippen molar-refractivity contribution in [3.63, 3.8) is 0 Å². The van der Waals surface area contributed by atoms with Crippen LogP contribution < -0.4 is 10.6 Å². The van der Waals surface area contributed by atoms with E-state index in [0.29, 0.717) is 5.95 Å². The fourth-order valence-corrected chi connectivity index (χ4v) is 3.84. The van der Waals surface area contributed by atoms with Gasteiger partial charge in [0.2, 0.25) is 15.8 Å². The Labute approximate surface area is 129 Å². The number of sulfone groups is 1. The SMILES string of the molecule is Nc1nc(N2CCCCC2)ncc1S(=O)(=O)c1ccccc1. The number of piperidine rings is 1. The molecule has 2 N–H and O–H groups in total. The molecule has 0 atom stereocenters. The molecule has 1 aromatic carbocycles. The molecule has 0 bridgehead atoms. The van der Waals surface area contributed by atoms with Crippen LogP contribution >= 0.6 is 0 Å². The molecule has 7 heteroatoms. The molecule has 2 aromatic rings. The van der Waals surface area contributed by atoms with E-state index >= 15 is 0 Å². The van der Waals surface area contributed by atoms with E-state index in [-0.39, 0.29) is 15.6 Å². The van der Waals surface area contributed by atoms with Crippen LogP contribution in [0.3, 0.4) is 0 Å². The van der Waals surface area contributed by atoms with Crippen molar-refractivity contribution in [3.05, 3.63) is 36.5 Å². The van der Waals surface area contributed by atoms with E-state index in [1.807, 2.05) is 4.90 Å². The molecule has 1 fully saturated rings. The van der Waals surface area contributed by atoms with Gasteiger partial charge in [-0.3, -0.25) is 0 Å². The Morgan fingerprint density at radius 2 is 1.73 bits per heavy atom. The highest BCUT2D eigenvalue weighted by Gasteiger charge is 2.23. The Morgan fingerprint density at radius 1 is 1.05 bits per heavy atom. The smallest absolute Gasteiger partial charge is 0.227 e. The summed E-state index contributed by atoms with van der Waals surface area (Å²) in [6.07, 6.45) is 4.70. The Hall–Kier alpha value is -2.15. The molecule has 116 valence electrons. The third-order valence-electron chi connectivity index (χ3n) is 3.75. The average Bonchev–Trinajstić information content (AvgIpc) is 2.56. The number of hydrogen-bond donors (Lipinski definition) is 1. The summed E-state index contributed by atoms with van der Waals surface area (Å²) in [5.74, 6) is 0.503. The number of rotatable bonds is 3. The number of benzene rings is 1. The maximum absolute atomic E-state index is 12.6. The van der Waals surface area contributed by atoms with E-state index < -0.39 is 9.84 Å². The summed E-state index contributed by atoms with van der Waals surface area (Å²) >= 11 is 0. The fraction of sp³-hybridized carbons (Fsp3) is 0.333. The fourth-order valence-electron chi connectivity index (χ4n) is 2.55. The maximum Gasteiger partial charge on any atom is 0.227 e. The minimum atomic E-state index is -3.69. The van der Waals surface area contributed by atoms with E-state index in [1.54, 1.807) is 18.2 Å². The largest absolute Gasteiger partial charge is 0.382 e. The summed E-state index contributed by atoms with van der Waals surface area (Å²) in [7, 11) is -3.69. The summed E-state index contributed by atoms with van der Waals surface area (Å²) in [4.78, 5) is 10.6. The highest BCUT2D eigenvalue weighted by molar-refractivity contribution is 7.91. The molecular weight excluding hydrogens is 300 g/mol. The van der Waals surface area contributed by atoms with Gasteiger partial charge in [-0.05, 0) is 31.4 Å². The van der Waals surface area contributed by atoms with Crippen molar-refractivity contribution in [2.75, 3.05) is 23.7 Å². The first-order valence-electron chi connectivity index (χ1n) is 7.26. The minimum Gasteiger partial charge on any atom is -0.382 e. The van der Waals surface area contributed by atoms with Crippen molar-refractivity contribution in [2.45, 2.75) is 29.1 Å². The van der Waals surface area contributed by atoms with Crippen molar-refractivity contribution in [3.8, 4) is 0 Å². The first-order valence-corrected chi connectivity index (χ1v) is 8.75. The monoisotopic (exact) mass is 318 g/mol. The van der Waals surface area contributed by atoms with Crippen molar-refractivity contribution < 1.29 is 8.42 Å². The molecule has 0 amide bonds. The standard InChI is InChI=1S/C15H18N4O2S/c16-14-13(22(20,21)12-7-3-1-4-8-12)11-17-15(18-14)19-9-5-2-6-10-19/h1,3-4,7-8,11H,2,5-6,9-10H2,(H2,16,17,18). The van der Waals surface area contributed by atoms with Gasteiger partial charge in [-0.15, -0.1) is 0 Å². The van der Waals surface area contributed by atoms with Gasteiger partial charge in [-0.2, -0.15) is 4.98 Å². The first-order chi connectivity index (χ1) is 10.6. The number of nitrogen functional groups attached to an aromatic ring is 1. The molecule has 3 rings (SSSR count). The van der Waals surface area contributed by atoms with Gasteiger partial charge in [-0.1, -0.05) is 18.2 Å². The second-order valence-corrected chi connectivity index (χ2v) is 7.20. The Bertz CT molecular complexity index is 756. The molecule has 1 aliphatic heterocycles. The summed E-state index contributed by atoms with van der Waals surface area (Å²) in [5.41, 5.74) is 5.89. The zero-order valence-electron chi connectivity index (χ0n) is 12.1. The normalized spacial score (nSPS) is 15.7. The molecule has 2 heterocycles. The summed E-state index contributed by atoms with van der Waals surface area (Å²) < 4.78 is 25.1. The Balaban J connectivity index is 1.95. The molecule has 1 aromatic heterocycles. The van der Waals surface area contributed by atoms with Crippen LogP contribution in [0.5, 0.6) is 0 Å². The zero-order valence-corrected chi connectivity index (χ0v) is 13.0. The van der Waals surface area contributed by atoms with Crippen molar-refractivity contribution in [2.24, 2.45) is 0 Å². The number of hydrogen-bond acceptors (Lipinski definition) is 6. The third kappa shape index (κ3) is 2.76. The number of nitrogens with two attached hydrogens (primary N) is 1. The van der Waals surface area contributed by atoms with Crippen LogP contribution in [-0.2, 0) is 9.84 Å². The number of nitrogens with zero attached hydrogens (tertiary/aromatic N) is 3. The molecule has 22 heavy (non-hydrogen) atoms. The maximum atomic E-state index is 12.6. The predicted octanol–water partition coefficient (Wildman–Crippen LogP) is 1.88. The third-order valence-corrected chi connectivity index (χ3v) is 5.54. The lowest BCUT2D eigenvalue weighted by molar-refractivity contribution is 0.567. The summed E-state index contributed by atoms with van der Waals surface area (Å²) in [6.45, 7) is 1.76. The highest BCUT2D eigenvalue weighted by Crippen LogP contribution is 2.26. The lowest BCUT2D eigenvalue weighted by atomic mass is 10.1. The topological polar surface area (TPSA) is 89.2 Å².